The molecule has 0 unspecified atom stereocenters. The number of amides is 1. The van der Waals surface area contributed by atoms with E-state index in [0.717, 1.165) is 18.6 Å². The molecule has 9 heteroatoms. The van der Waals surface area contributed by atoms with E-state index in [1.807, 2.05) is 13.8 Å². The normalized spacial score (nSPS) is 23.9. The molecular weight excluding hydrogens is 393 g/mol. The van der Waals surface area contributed by atoms with Crippen LogP contribution in [0.4, 0.5) is 13.2 Å². The van der Waals surface area contributed by atoms with Crippen molar-refractivity contribution in [1.82, 2.24) is 9.21 Å². The zero-order valence-electron chi connectivity index (χ0n) is 15.9. The van der Waals surface area contributed by atoms with Gasteiger partial charge in [0.2, 0.25) is 15.9 Å². The van der Waals surface area contributed by atoms with E-state index < -0.39 is 21.8 Å². The topological polar surface area (TPSA) is 57.7 Å². The second-order valence-corrected chi connectivity index (χ2v) is 9.90. The first-order valence-corrected chi connectivity index (χ1v) is 10.9. The van der Waals surface area contributed by atoms with Crippen molar-refractivity contribution in [2.75, 3.05) is 19.6 Å². The Morgan fingerprint density at radius 1 is 1.25 bits per heavy atom. The molecule has 2 heterocycles. The highest BCUT2D eigenvalue weighted by atomic mass is 32.2. The number of halogens is 3. The lowest BCUT2D eigenvalue weighted by Crippen LogP contribution is -2.48. The van der Waals surface area contributed by atoms with E-state index in [-0.39, 0.29) is 35.2 Å². The van der Waals surface area contributed by atoms with Crippen LogP contribution in [0.2, 0.25) is 0 Å². The van der Waals surface area contributed by atoms with Gasteiger partial charge in [-0.25, -0.2) is 8.42 Å². The molecule has 0 aliphatic carbocycles. The van der Waals surface area contributed by atoms with Crippen molar-refractivity contribution in [3.63, 3.8) is 0 Å². The lowest BCUT2D eigenvalue weighted by Gasteiger charge is -2.35. The summed E-state index contributed by atoms with van der Waals surface area (Å²) in [6.07, 6.45) is -2.76. The van der Waals surface area contributed by atoms with Crippen LogP contribution in [0, 0.1) is 11.8 Å². The Balaban J connectivity index is 1.85. The van der Waals surface area contributed by atoms with Gasteiger partial charge in [-0.1, -0.05) is 19.9 Å². The molecule has 2 aliphatic rings. The van der Waals surface area contributed by atoms with E-state index >= 15 is 0 Å². The summed E-state index contributed by atoms with van der Waals surface area (Å²) in [6, 6.07) is 3.48. The van der Waals surface area contributed by atoms with Gasteiger partial charge in [-0.15, -0.1) is 0 Å². The monoisotopic (exact) mass is 418 g/mol. The van der Waals surface area contributed by atoms with Crippen LogP contribution in [0.5, 0.6) is 0 Å². The van der Waals surface area contributed by atoms with Crippen molar-refractivity contribution in [2.24, 2.45) is 11.8 Å². The molecule has 0 bridgehead atoms. The third-order valence-electron chi connectivity index (χ3n) is 5.43. The zero-order valence-corrected chi connectivity index (χ0v) is 16.8. The number of benzene rings is 1. The highest BCUT2D eigenvalue weighted by Gasteiger charge is 2.45. The summed E-state index contributed by atoms with van der Waals surface area (Å²) in [6.45, 7) is 4.96. The maximum absolute atomic E-state index is 13.1. The number of carbonyl (C=O) groups excluding carboxylic acids is 1. The minimum atomic E-state index is -4.61. The molecule has 2 atom stereocenters. The molecule has 156 valence electrons. The van der Waals surface area contributed by atoms with Crippen LogP contribution in [0.15, 0.2) is 29.2 Å². The molecule has 1 aromatic rings. The molecule has 3 rings (SSSR count). The van der Waals surface area contributed by atoms with E-state index in [2.05, 4.69) is 0 Å². The van der Waals surface area contributed by atoms with E-state index in [9.17, 15) is 26.4 Å². The van der Waals surface area contributed by atoms with Crippen LogP contribution in [0.25, 0.3) is 0 Å². The van der Waals surface area contributed by atoms with Crippen molar-refractivity contribution in [2.45, 2.75) is 50.2 Å². The average Bonchev–Trinajstić information content (AvgIpc) is 3.04. The molecule has 2 saturated heterocycles. The molecule has 28 heavy (non-hydrogen) atoms. The van der Waals surface area contributed by atoms with Crippen LogP contribution < -0.4 is 0 Å². The maximum atomic E-state index is 13.1. The number of likely N-dealkylation sites (tertiary alicyclic amines) is 1. The summed E-state index contributed by atoms with van der Waals surface area (Å²) in [5.74, 6) is 0.228. The second kappa shape index (κ2) is 7.67. The second-order valence-electron chi connectivity index (χ2n) is 8.01. The molecule has 0 N–H and O–H groups in total. The average molecular weight is 418 g/mol. The third-order valence-corrected chi connectivity index (χ3v) is 7.35. The van der Waals surface area contributed by atoms with Gasteiger partial charge in [-0.2, -0.15) is 17.5 Å². The van der Waals surface area contributed by atoms with Crippen molar-refractivity contribution >= 4 is 15.9 Å². The molecule has 0 saturated carbocycles. The number of sulfonamides is 1. The fourth-order valence-corrected chi connectivity index (χ4v) is 5.85. The van der Waals surface area contributed by atoms with Gasteiger partial charge < -0.3 is 4.90 Å². The first-order valence-electron chi connectivity index (χ1n) is 9.47. The van der Waals surface area contributed by atoms with E-state index in [1.54, 1.807) is 4.90 Å². The Morgan fingerprint density at radius 3 is 2.61 bits per heavy atom. The molecular formula is C19H25F3N2O3S. The quantitative estimate of drug-likeness (QED) is 0.754. The number of fused-ring (bicyclic) bond motifs is 1. The summed E-state index contributed by atoms with van der Waals surface area (Å²) >= 11 is 0. The highest BCUT2D eigenvalue weighted by Crippen LogP contribution is 2.36. The van der Waals surface area contributed by atoms with Gasteiger partial charge in [-0.3, -0.25) is 4.79 Å². The first-order chi connectivity index (χ1) is 13.0. The summed E-state index contributed by atoms with van der Waals surface area (Å²) < 4.78 is 66.6. The van der Waals surface area contributed by atoms with Crippen molar-refractivity contribution in [3.8, 4) is 0 Å². The Kier molecular flexibility index (Phi) is 5.78. The lowest BCUT2D eigenvalue weighted by atomic mass is 9.94. The predicted molar refractivity (Wildman–Crippen MR) is 97.9 cm³/mol. The molecule has 2 fully saturated rings. The number of hydrogen-bond acceptors (Lipinski definition) is 3. The van der Waals surface area contributed by atoms with Crippen molar-refractivity contribution < 1.29 is 26.4 Å². The molecule has 0 spiro atoms. The van der Waals surface area contributed by atoms with Gasteiger partial charge in [0.25, 0.3) is 0 Å². The molecule has 1 amide bonds. The number of nitrogens with zero attached hydrogens (tertiary/aromatic N) is 2. The Morgan fingerprint density at radius 2 is 1.96 bits per heavy atom. The SMILES string of the molecule is CC(C)CC(=O)N1C[C@H]2CCCN(S(=O)(=O)c3cccc(C(F)(F)F)c3)[C@H]2C1. The molecule has 5 nitrogen and oxygen atoms in total. The molecule has 0 aromatic heterocycles. The molecule has 0 radical (unpaired) electrons. The Bertz CT molecular complexity index is 839. The first kappa shape index (κ1) is 21.1. The summed E-state index contributed by atoms with van der Waals surface area (Å²) in [5.41, 5.74) is -0.984. The van der Waals surface area contributed by atoms with Gasteiger partial charge in [0.15, 0.2) is 0 Å². The van der Waals surface area contributed by atoms with Crippen molar-refractivity contribution in [3.05, 3.63) is 29.8 Å². The van der Waals surface area contributed by atoms with E-state index in [1.165, 1.54) is 10.4 Å². The van der Waals surface area contributed by atoms with Crippen LogP contribution in [-0.2, 0) is 21.0 Å². The van der Waals surface area contributed by atoms with Crippen LogP contribution in [0.3, 0.4) is 0 Å². The smallest absolute Gasteiger partial charge is 0.341 e. The number of piperidine rings is 1. The van der Waals surface area contributed by atoms with Gasteiger partial charge >= 0.3 is 6.18 Å². The largest absolute Gasteiger partial charge is 0.416 e. The number of rotatable bonds is 4. The predicted octanol–water partition coefficient (Wildman–Crippen LogP) is 3.36. The minimum Gasteiger partial charge on any atom is -0.341 e. The van der Waals surface area contributed by atoms with Crippen LogP contribution in [-0.4, -0.2) is 49.2 Å². The Hall–Kier alpha value is -1.61. The van der Waals surface area contributed by atoms with Crippen LogP contribution >= 0.6 is 0 Å². The maximum Gasteiger partial charge on any atom is 0.416 e. The van der Waals surface area contributed by atoms with Gasteiger partial charge in [0, 0.05) is 32.1 Å². The molecule has 2 aliphatic heterocycles. The summed E-state index contributed by atoms with van der Waals surface area (Å²) in [7, 11) is -4.08. The highest BCUT2D eigenvalue weighted by molar-refractivity contribution is 7.89. The zero-order chi connectivity index (χ0) is 20.7. The number of alkyl halides is 3. The summed E-state index contributed by atoms with van der Waals surface area (Å²) in [5, 5.41) is 0. The van der Waals surface area contributed by atoms with E-state index in [4.69, 9.17) is 0 Å². The standard InChI is InChI=1S/C19H25F3N2O3S/c1-13(2)9-18(25)23-11-14-5-4-8-24(17(14)12-23)28(26,27)16-7-3-6-15(10-16)19(20,21)22/h3,6-7,10,13-14,17H,4-5,8-9,11-12H2,1-2H3/t14-,17+/m1/s1. The summed E-state index contributed by atoms with van der Waals surface area (Å²) in [4.78, 5) is 13.8. The van der Waals surface area contributed by atoms with Gasteiger partial charge in [0.05, 0.1) is 10.5 Å². The third kappa shape index (κ3) is 4.20. The number of hydrogen-bond donors (Lipinski definition) is 0. The van der Waals surface area contributed by atoms with E-state index in [0.29, 0.717) is 32.0 Å². The van der Waals surface area contributed by atoms with Gasteiger partial charge in [0.1, 0.15) is 0 Å². The molecule has 1 aromatic carbocycles. The van der Waals surface area contributed by atoms with Gasteiger partial charge in [-0.05, 0) is 42.9 Å². The van der Waals surface area contributed by atoms with Crippen LogP contribution in [0.1, 0.15) is 38.7 Å². The fourth-order valence-electron chi connectivity index (χ4n) is 4.09. The van der Waals surface area contributed by atoms with Crippen molar-refractivity contribution in [1.29, 1.82) is 0 Å². The minimum absolute atomic E-state index is 0.000756. The number of carbonyl (C=O) groups is 1. The fraction of sp³-hybridized carbons (Fsp3) is 0.632. The lowest BCUT2D eigenvalue weighted by molar-refractivity contribution is -0.137. The Labute approximate surface area is 163 Å².